The van der Waals surface area contributed by atoms with Crippen molar-refractivity contribution in [1.82, 2.24) is 9.80 Å². The summed E-state index contributed by atoms with van der Waals surface area (Å²) in [7, 11) is 0. The number of carbonyl (C=O) groups excluding carboxylic acids is 1. The molecule has 2 heterocycles. The standard InChI is InChI=1S/C18H24N2O4/c21-17(22)16-13-20(10-11-24-16)18(23)19-8-6-15(7-9-19)12-14-4-2-1-3-5-14/h1-5,15-16H,6-13H2,(H,21,22). The zero-order valence-electron chi connectivity index (χ0n) is 13.8. The van der Waals surface area contributed by atoms with E-state index in [4.69, 9.17) is 9.84 Å². The van der Waals surface area contributed by atoms with E-state index in [2.05, 4.69) is 24.3 Å². The normalized spacial score (nSPS) is 22.4. The van der Waals surface area contributed by atoms with Crippen LogP contribution in [0, 0.1) is 5.92 Å². The van der Waals surface area contributed by atoms with Gasteiger partial charge >= 0.3 is 12.0 Å². The average Bonchev–Trinajstić information content (AvgIpc) is 2.63. The highest BCUT2D eigenvalue weighted by Crippen LogP contribution is 2.23. The number of nitrogens with zero attached hydrogens (tertiary/aromatic N) is 2. The Morgan fingerprint density at radius 3 is 2.46 bits per heavy atom. The first kappa shape index (κ1) is 16.8. The lowest BCUT2D eigenvalue weighted by Crippen LogP contribution is -2.54. The van der Waals surface area contributed by atoms with Crippen molar-refractivity contribution >= 4 is 12.0 Å². The molecule has 1 aromatic carbocycles. The van der Waals surface area contributed by atoms with Crippen molar-refractivity contribution in [3.63, 3.8) is 0 Å². The number of likely N-dealkylation sites (tertiary alicyclic amines) is 1. The van der Waals surface area contributed by atoms with Crippen LogP contribution in [-0.4, -0.2) is 65.8 Å². The number of carboxylic acid groups (broad SMARTS) is 1. The summed E-state index contributed by atoms with van der Waals surface area (Å²) in [6, 6.07) is 10.4. The van der Waals surface area contributed by atoms with Crippen LogP contribution >= 0.6 is 0 Å². The number of carboxylic acids is 1. The van der Waals surface area contributed by atoms with Crippen LogP contribution in [-0.2, 0) is 16.0 Å². The minimum Gasteiger partial charge on any atom is -0.479 e. The molecule has 2 fully saturated rings. The fourth-order valence-electron chi connectivity index (χ4n) is 3.45. The summed E-state index contributed by atoms with van der Waals surface area (Å²) >= 11 is 0. The molecule has 0 spiro atoms. The van der Waals surface area contributed by atoms with Crippen molar-refractivity contribution in [3.8, 4) is 0 Å². The topological polar surface area (TPSA) is 70.1 Å². The number of piperidine rings is 1. The molecule has 1 atom stereocenters. The van der Waals surface area contributed by atoms with Crippen molar-refractivity contribution < 1.29 is 19.4 Å². The predicted octanol–water partition coefficient (Wildman–Crippen LogP) is 1.85. The minimum absolute atomic E-state index is 0.0530. The summed E-state index contributed by atoms with van der Waals surface area (Å²) in [5.74, 6) is -0.401. The minimum atomic E-state index is -1.01. The highest BCUT2D eigenvalue weighted by atomic mass is 16.5. The third-order valence-corrected chi connectivity index (χ3v) is 4.86. The number of rotatable bonds is 3. The maximum Gasteiger partial charge on any atom is 0.334 e. The molecule has 2 amide bonds. The van der Waals surface area contributed by atoms with Gasteiger partial charge in [0.1, 0.15) is 0 Å². The molecule has 2 saturated heterocycles. The molecule has 0 aliphatic carbocycles. The molecule has 3 rings (SSSR count). The Morgan fingerprint density at radius 2 is 1.79 bits per heavy atom. The van der Waals surface area contributed by atoms with Gasteiger partial charge in [0.05, 0.1) is 13.2 Å². The van der Waals surface area contributed by atoms with E-state index < -0.39 is 12.1 Å². The first-order valence-electron chi connectivity index (χ1n) is 8.55. The Hall–Kier alpha value is -2.08. The third-order valence-electron chi connectivity index (χ3n) is 4.86. The summed E-state index contributed by atoms with van der Waals surface area (Å²) in [5.41, 5.74) is 1.35. The maximum absolute atomic E-state index is 12.6. The van der Waals surface area contributed by atoms with Gasteiger partial charge in [0.25, 0.3) is 0 Å². The molecule has 0 radical (unpaired) electrons. The molecule has 130 valence electrons. The number of urea groups is 1. The summed E-state index contributed by atoms with van der Waals surface area (Å²) in [5, 5.41) is 9.05. The molecular formula is C18H24N2O4. The third kappa shape index (κ3) is 4.06. The molecular weight excluding hydrogens is 308 g/mol. The lowest BCUT2D eigenvalue weighted by Gasteiger charge is -2.38. The van der Waals surface area contributed by atoms with Gasteiger partial charge in [0, 0.05) is 19.6 Å². The van der Waals surface area contributed by atoms with Crippen molar-refractivity contribution in [3.05, 3.63) is 35.9 Å². The van der Waals surface area contributed by atoms with Crippen LogP contribution in [0.25, 0.3) is 0 Å². The molecule has 2 aliphatic rings. The molecule has 0 bridgehead atoms. The second-order valence-electron chi connectivity index (χ2n) is 6.55. The van der Waals surface area contributed by atoms with Crippen molar-refractivity contribution in [2.45, 2.75) is 25.4 Å². The highest BCUT2D eigenvalue weighted by molar-refractivity contribution is 5.77. The number of carbonyl (C=O) groups is 2. The number of ether oxygens (including phenoxy) is 1. The smallest absolute Gasteiger partial charge is 0.334 e. The van der Waals surface area contributed by atoms with Crippen molar-refractivity contribution in [1.29, 1.82) is 0 Å². The van der Waals surface area contributed by atoms with Gasteiger partial charge in [0.2, 0.25) is 0 Å². The second kappa shape index (κ2) is 7.66. The van der Waals surface area contributed by atoms with E-state index in [0.29, 0.717) is 12.5 Å². The molecule has 1 aromatic rings. The second-order valence-corrected chi connectivity index (χ2v) is 6.55. The SMILES string of the molecule is O=C(O)C1CN(C(=O)N2CCC(Cc3ccccc3)CC2)CCO1. The van der Waals surface area contributed by atoms with Crippen LogP contribution < -0.4 is 0 Å². The average molecular weight is 332 g/mol. The molecule has 24 heavy (non-hydrogen) atoms. The fourth-order valence-corrected chi connectivity index (χ4v) is 3.45. The quantitative estimate of drug-likeness (QED) is 0.917. The van der Waals surface area contributed by atoms with Crippen LogP contribution in [0.1, 0.15) is 18.4 Å². The number of morpholine rings is 1. The fraction of sp³-hybridized carbons (Fsp3) is 0.556. The Bertz CT molecular complexity index is 570. The van der Waals surface area contributed by atoms with Gasteiger partial charge in [-0.15, -0.1) is 0 Å². The van der Waals surface area contributed by atoms with Crippen LogP contribution in [0.15, 0.2) is 30.3 Å². The van der Waals surface area contributed by atoms with Crippen LogP contribution in [0.5, 0.6) is 0 Å². The Morgan fingerprint density at radius 1 is 1.08 bits per heavy atom. The number of hydrogen-bond donors (Lipinski definition) is 1. The van der Waals surface area contributed by atoms with Gasteiger partial charge in [-0.05, 0) is 30.7 Å². The predicted molar refractivity (Wildman–Crippen MR) is 88.8 cm³/mol. The highest BCUT2D eigenvalue weighted by Gasteiger charge is 2.32. The van der Waals surface area contributed by atoms with Gasteiger partial charge in [-0.3, -0.25) is 0 Å². The molecule has 0 aromatic heterocycles. The zero-order chi connectivity index (χ0) is 16.9. The van der Waals surface area contributed by atoms with Crippen molar-refractivity contribution in [2.24, 2.45) is 5.92 Å². The van der Waals surface area contributed by atoms with Gasteiger partial charge in [-0.2, -0.15) is 0 Å². The van der Waals surface area contributed by atoms with Gasteiger partial charge in [0.15, 0.2) is 6.10 Å². The Labute approximate surface area is 142 Å². The van der Waals surface area contributed by atoms with Crippen LogP contribution in [0.2, 0.25) is 0 Å². The largest absolute Gasteiger partial charge is 0.479 e. The van der Waals surface area contributed by atoms with E-state index in [1.165, 1.54) is 5.56 Å². The van der Waals surface area contributed by atoms with Gasteiger partial charge in [-0.25, -0.2) is 9.59 Å². The van der Waals surface area contributed by atoms with E-state index in [-0.39, 0.29) is 19.2 Å². The molecule has 1 unspecified atom stereocenters. The lowest BCUT2D eigenvalue weighted by atomic mass is 9.90. The maximum atomic E-state index is 12.6. The monoisotopic (exact) mass is 332 g/mol. The molecule has 1 N–H and O–H groups in total. The lowest BCUT2D eigenvalue weighted by molar-refractivity contribution is -0.154. The Kier molecular flexibility index (Phi) is 5.35. The molecule has 2 aliphatic heterocycles. The Balaban J connectivity index is 1.49. The van der Waals surface area contributed by atoms with E-state index in [1.807, 2.05) is 11.0 Å². The first-order valence-corrected chi connectivity index (χ1v) is 8.55. The van der Waals surface area contributed by atoms with Crippen molar-refractivity contribution in [2.75, 3.05) is 32.8 Å². The molecule has 0 saturated carbocycles. The van der Waals surface area contributed by atoms with E-state index in [9.17, 15) is 9.59 Å². The summed E-state index contributed by atoms with van der Waals surface area (Å²) in [6.45, 7) is 2.37. The van der Waals surface area contributed by atoms with E-state index in [0.717, 1.165) is 32.4 Å². The zero-order valence-corrected chi connectivity index (χ0v) is 13.8. The number of amides is 2. The van der Waals surface area contributed by atoms with Crippen LogP contribution in [0.3, 0.4) is 0 Å². The number of aliphatic carboxylic acids is 1. The number of hydrogen-bond acceptors (Lipinski definition) is 3. The number of benzene rings is 1. The molecule has 6 heteroatoms. The summed E-state index contributed by atoms with van der Waals surface area (Å²) in [6.07, 6.45) is 2.14. The molecule has 6 nitrogen and oxygen atoms in total. The van der Waals surface area contributed by atoms with Gasteiger partial charge in [-0.1, -0.05) is 30.3 Å². The van der Waals surface area contributed by atoms with E-state index >= 15 is 0 Å². The summed E-state index contributed by atoms with van der Waals surface area (Å²) in [4.78, 5) is 27.1. The van der Waals surface area contributed by atoms with Gasteiger partial charge < -0.3 is 19.6 Å². The first-order chi connectivity index (χ1) is 11.6. The van der Waals surface area contributed by atoms with Crippen LogP contribution in [0.4, 0.5) is 4.79 Å². The van der Waals surface area contributed by atoms with E-state index in [1.54, 1.807) is 4.90 Å². The summed E-state index contributed by atoms with van der Waals surface area (Å²) < 4.78 is 5.18.